The zero-order chi connectivity index (χ0) is 20.8. The van der Waals surface area contributed by atoms with Crippen molar-refractivity contribution in [2.45, 2.75) is 19.8 Å². The smallest absolute Gasteiger partial charge is 0.337 e. The summed E-state index contributed by atoms with van der Waals surface area (Å²) in [6, 6.07) is 14.5. The highest BCUT2D eigenvalue weighted by atomic mass is 16.5. The molecule has 29 heavy (non-hydrogen) atoms. The van der Waals surface area contributed by atoms with Crippen LogP contribution in [0.1, 0.15) is 46.0 Å². The largest absolute Gasteiger partial charge is 0.465 e. The summed E-state index contributed by atoms with van der Waals surface area (Å²) in [4.78, 5) is 32.2. The number of methoxy groups -OCH3 is 1. The van der Waals surface area contributed by atoms with Crippen LogP contribution in [0.25, 0.3) is 0 Å². The average Bonchev–Trinajstić information content (AvgIpc) is 2.74. The Morgan fingerprint density at radius 1 is 0.862 bits per heavy atom. The van der Waals surface area contributed by atoms with Gasteiger partial charge < -0.3 is 15.4 Å². The molecule has 7 nitrogen and oxygen atoms in total. The van der Waals surface area contributed by atoms with E-state index in [1.807, 2.05) is 12.1 Å². The number of esters is 1. The van der Waals surface area contributed by atoms with Gasteiger partial charge in [-0.15, -0.1) is 0 Å². The molecule has 2 N–H and O–H groups in total. The van der Waals surface area contributed by atoms with E-state index < -0.39 is 5.97 Å². The summed E-state index contributed by atoms with van der Waals surface area (Å²) in [6.07, 6.45) is 2.91. The van der Waals surface area contributed by atoms with Crippen molar-refractivity contribution in [3.63, 3.8) is 0 Å². The zero-order valence-corrected chi connectivity index (χ0v) is 16.5. The Morgan fingerprint density at radius 3 is 2.00 bits per heavy atom. The van der Waals surface area contributed by atoms with Gasteiger partial charge in [0.2, 0.25) is 5.95 Å². The molecule has 1 heterocycles. The summed E-state index contributed by atoms with van der Waals surface area (Å²) in [5.74, 6) is 0.0953. The fourth-order valence-electron chi connectivity index (χ4n) is 2.60. The fourth-order valence-corrected chi connectivity index (χ4v) is 2.60. The molecule has 3 rings (SSSR count). The van der Waals surface area contributed by atoms with Crippen LogP contribution < -0.4 is 10.6 Å². The second-order valence-corrected chi connectivity index (χ2v) is 6.72. The lowest BCUT2D eigenvalue weighted by Crippen LogP contribution is -2.13. The van der Waals surface area contributed by atoms with Crippen molar-refractivity contribution in [2.24, 2.45) is 0 Å². The van der Waals surface area contributed by atoms with Crippen molar-refractivity contribution in [2.75, 3.05) is 17.7 Å². The lowest BCUT2D eigenvalue weighted by molar-refractivity contribution is 0.0600. The van der Waals surface area contributed by atoms with Gasteiger partial charge in [-0.05, 0) is 47.9 Å². The maximum atomic E-state index is 12.4. The molecule has 0 aliphatic rings. The third-order valence-electron chi connectivity index (χ3n) is 4.31. The van der Waals surface area contributed by atoms with Crippen LogP contribution in [0.5, 0.6) is 0 Å². The summed E-state index contributed by atoms with van der Waals surface area (Å²) in [7, 11) is 1.32. The highest BCUT2D eigenvalue weighted by Crippen LogP contribution is 2.19. The molecule has 0 saturated carbocycles. The van der Waals surface area contributed by atoms with E-state index >= 15 is 0 Å². The molecule has 7 heteroatoms. The van der Waals surface area contributed by atoms with Gasteiger partial charge in [0.1, 0.15) is 0 Å². The molecule has 0 saturated heterocycles. The number of carbonyl (C=O) groups excluding carboxylic acids is 2. The summed E-state index contributed by atoms with van der Waals surface area (Å²) in [5, 5.41) is 5.85. The van der Waals surface area contributed by atoms with Gasteiger partial charge in [-0.2, -0.15) is 0 Å². The van der Waals surface area contributed by atoms with Gasteiger partial charge in [-0.25, -0.2) is 14.8 Å². The minimum absolute atomic E-state index is 0.322. The van der Waals surface area contributed by atoms with E-state index in [0.717, 1.165) is 5.69 Å². The third kappa shape index (κ3) is 5.16. The molecule has 1 aromatic heterocycles. The first-order valence-electron chi connectivity index (χ1n) is 9.15. The van der Waals surface area contributed by atoms with Crippen molar-refractivity contribution in [1.82, 2.24) is 9.97 Å². The van der Waals surface area contributed by atoms with Crippen LogP contribution in [0, 0.1) is 0 Å². The number of ether oxygens (including phenoxy) is 1. The highest BCUT2D eigenvalue weighted by molar-refractivity contribution is 6.04. The summed E-state index contributed by atoms with van der Waals surface area (Å²) in [6.45, 7) is 4.28. The van der Waals surface area contributed by atoms with E-state index in [1.165, 1.54) is 25.1 Å². The molecule has 0 atom stereocenters. The van der Waals surface area contributed by atoms with Crippen molar-refractivity contribution in [3.05, 3.63) is 77.6 Å². The first-order chi connectivity index (χ1) is 14.0. The number of nitrogens with one attached hydrogen (secondary N) is 2. The number of anilines is 3. The summed E-state index contributed by atoms with van der Waals surface area (Å²) >= 11 is 0. The summed E-state index contributed by atoms with van der Waals surface area (Å²) in [5.41, 5.74) is 3.41. The van der Waals surface area contributed by atoms with Crippen LogP contribution in [-0.2, 0) is 4.74 Å². The first kappa shape index (κ1) is 20.0. The van der Waals surface area contributed by atoms with E-state index in [2.05, 4.69) is 51.3 Å². The Balaban J connectivity index is 1.61. The van der Waals surface area contributed by atoms with E-state index in [1.54, 1.807) is 24.3 Å². The number of nitrogens with zero attached hydrogens (tertiary/aromatic N) is 2. The molecule has 1 amide bonds. The molecule has 0 bridgehead atoms. The Bertz CT molecular complexity index is 982. The van der Waals surface area contributed by atoms with Crippen LogP contribution in [0.4, 0.5) is 17.3 Å². The molecule has 0 aliphatic carbocycles. The molecule has 148 valence electrons. The number of hydrogen-bond acceptors (Lipinski definition) is 6. The fraction of sp³-hybridized carbons (Fsp3) is 0.182. The maximum Gasteiger partial charge on any atom is 0.337 e. The predicted octanol–water partition coefficient (Wildman–Crippen LogP) is 4.38. The summed E-state index contributed by atoms with van der Waals surface area (Å²) < 4.78 is 4.65. The Kier molecular flexibility index (Phi) is 6.19. The zero-order valence-electron chi connectivity index (χ0n) is 16.5. The van der Waals surface area contributed by atoms with E-state index in [-0.39, 0.29) is 5.91 Å². The third-order valence-corrected chi connectivity index (χ3v) is 4.31. The topological polar surface area (TPSA) is 93.2 Å². The van der Waals surface area contributed by atoms with Crippen LogP contribution >= 0.6 is 0 Å². The second-order valence-electron chi connectivity index (χ2n) is 6.72. The molecule has 0 unspecified atom stereocenters. The number of carbonyl (C=O) groups is 2. The van der Waals surface area contributed by atoms with E-state index in [0.29, 0.717) is 28.7 Å². The van der Waals surface area contributed by atoms with Gasteiger partial charge in [0.25, 0.3) is 5.91 Å². The number of benzene rings is 2. The molecule has 0 fully saturated rings. The van der Waals surface area contributed by atoms with Crippen molar-refractivity contribution >= 4 is 29.2 Å². The Morgan fingerprint density at radius 2 is 1.45 bits per heavy atom. The normalized spacial score (nSPS) is 10.5. The molecule has 3 aromatic rings. The van der Waals surface area contributed by atoms with Crippen molar-refractivity contribution in [3.8, 4) is 0 Å². The molecule has 0 radical (unpaired) electrons. The molecule has 2 aromatic carbocycles. The Hall–Kier alpha value is -3.74. The highest BCUT2D eigenvalue weighted by Gasteiger charge is 2.10. The Labute approximate surface area is 169 Å². The standard InChI is InChI=1S/C22H22N4O3/c1-14(2)15-4-8-19(9-5-15)26-22-23-12-17(13-24-22)20(27)25-18-10-6-16(7-11-18)21(28)29-3/h4-14H,1-3H3,(H,25,27)(H,23,24,26). The van der Waals surface area contributed by atoms with Gasteiger partial charge in [-0.1, -0.05) is 26.0 Å². The maximum absolute atomic E-state index is 12.4. The SMILES string of the molecule is COC(=O)c1ccc(NC(=O)c2cnc(Nc3ccc(C(C)C)cc3)nc2)cc1. The predicted molar refractivity (Wildman–Crippen MR) is 112 cm³/mol. The van der Waals surface area contributed by atoms with Crippen LogP contribution in [0.2, 0.25) is 0 Å². The van der Waals surface area contributed by atoms with Crippen LogP contribution in [0.15, 0.2) is 60.9 Å². The molecule has 0 aliphatic heterocycles. The van der Waals surface area contributed by atoms with Crippen LogP contribution in [-0.4, -0.2) is 29.0 Å². The van der Waals surface area contributed by atoms with Crippen LogP contribution in [0.3, 0.4) is 0 Å². The van der Waals surface area contributed by atoms with Gasteiger partial charge in [0.05, 0.1) is 18.2 Å². The quantitative estimate of drug-likeness (QED) is 0.607. The number of aromatic nitrogens is 2. The molecule has 0 spiro atoms. The van der Waals surface area contributed by atoms with Gasteiger partial charge >= 0.3 is 5.97 Å². The molecular formula is C22H22N4O3. The van der Waals surface area contributed by atoms with Crippen molar-refractivity contribution < 1.29 is 14.3 Å². The number of hydrogen-bond donors (Lipinski definition) is 2. The first-order valence-corrected chi connectivity index (χ1v) is 9.15. The molecular weight excluding hydrogens is 368 g/mol. The van der Waals surface area contributed by atoms with Crippen molar-refractivity contribution in [1.29, 1.82) is 0 Å². The number of amides is 1. The average molecular weight is 390 g/mol. The minimum atomic E-state index is -0.432. The monoisotopic (exact) mass is 390 g/mol. The minimum Gasteiger partial charge on any atom is -0.465 e. The van der Waals surface area contributed by atoms with Gasteiger partial charge in [0.15, 0.2) is 0 Å². The van der Waals surface area contributed by atoms with Gasteiger partial charge in [-0.3, -0.25) is 4.79 Å². The lowest BCUT2D eigenvalue weighted by Gasteiger charge is -2.09. The van der Waals surface area contributed by atoms with E-state index in [9.17, 15) is 9.59 Å². The van der Waals surface area contributed by atoms with Gasteiger partial charge in [0, 0.05) is 23.8 Å². The van der Waals surface area contributed by atoms with E-state index in [4.69, 9.17) is 0 Å². The lowest BCUT2D eigenvalue weighted by atomic mass is 10.0. The number of rotatable bonds is 6. The second kappa shape index (κ2) is 8.97.